The molecule has 0 aromatic rings. The Morgan fingerprint density at radius 3 is 2.83 bits per heavy atom. The molecule has 1 saturated carbocycles. The highest BCUT2D eigenvalue weighted by Gasteiger charge is 2.27. The van der Waals surface area contributed by atoms with Gasteiger partial charge >= 0.3 is 0 Å². The maximum atomic E-state index is 11.6. The topological polar surface area (TPSA) is 58.6 Å². The van der Waals surface area contributed by atoms with Gasteiger partial charge in [0.2, 0.25) is 0 Å². The summed E-state index contributed by atoms with van der Waals surface area (Å²) in [5, 5.41) is 3.50. The highest BCUT2D eigenvalue weighted by Crippen LogP contribution is 2.19. The Morgan fingerprint density at radius 2 is 2.17 bits per heavy atom. The van der Waals surface area contributed by atoms with E-state index in [1.807, 2.05) is 0 Å². The minimum atomic E-state index is -2.86. The van der Waals surface area contributed by atoms with Gasteiger partial charge in [0.1, 0.15) is 0 Å². The van der Waals surface area contributed by atoms with E-state index in [0.29, 0.717) is 31.8 Å². The zero-order valence-electron chi connectivity index (χ0n) is 11.1. The number of hydrogen-bond acceptors (Lipinski definition) is 5. The normalized spacial score (nSPS) is 26.4. The first-order chi connectivity index (χ1) is 8.61. The zero-order valence-corrected chi connectivity index (χ0v) is 11.9. The van der Waals surface area contributed by atoms with E-state index in [0.717, 1.165) is 13.1 Å². The highest BCUT2D eigenvalue weighted by molar-refractivity contribution is 7.91. The Hall–Kier alpha value is -0.170. The number of hydrogen-bond donors (Lipinski definition) is 1. The van der Waals surface area contributed by atoms with Crippen molar-refractivity contribution in [3.63, 3.8) is 0 Å². The molecule has 0 aromatic carbocycles. The lowest BCUT2D eigenvalue weighted by atomic mass is 10.2. The molecule has 2 aliphatic rings. The number of ether oxygens (including phenoxy) is 1. The highest BCUT2D eigenvalue weighted by atomic mass is 32.2. The van der Waals surface area contributed by atoms with E-state index in [1.165, 1.54) is 12.8 Å². The molecule has 0 bridgehead atoms. The van der Waals surface area contributed by atoms with Crippen LogP contribution in [-0.2, 0) is 14.6 Å². The molecule has 1 unspecified atom stereocenters. The van der Waals surface area contributed by atoms with E-state index in [9.17, 15) is 8.42 Å². The minimum Gasteiger partial charge on any atom is -0.378 e. The van der Waals surface area contributed by atoms with Crippen molar-refractivity contribution < 1.29 is 13.2 Å². The number of nitrogens with one attached hydrogen (secondary N) is 1. The first-order valence-electron chi connectivity index (χ1n) is 6.86. The van der Waals surface area contributed by atoms with Gasteiger partial charge in [-0.15, -0.1) is 0 Å². The fourth-order valence-electron chi connectivity index (χ4n) is 2.16. The van der Waals surface area contributed by atoms with Gasteiger partial charge < -0.3 is 10.1 Å². The van der Waals surface area contributed by atoms with E-state index in [-0.39, 0.29) is 11.5 Å². The minimum absolute atomic E-state index is 0.238. The molecule has 1 aliphatic carbocycles. The van der Waals surface area contributed by atoms with Gasteiger partial charge in [0.15, 0.2) is 9.84 Å². The van der Waals surface area contributed by atoms with Crippen LogP contribution in [0.3, 0.4) is 0 Å². The van der Waals surface area contributed by atoms with Crippen molar-refractivity contribution in [2.75, 3.05) is 44.4 Å². The van der Waals surface area contributed by atoms with Gasteiger partial charge in [0, 0.05) is 37.5 Å². The second-order valence-corrected chi connectivity index (χ2v) is 7.66. The Balaban J connectivity index is 1.78. The molecule has 0 amide bonds. The Labute approximate surface area is 110 Å². The van der Waals surface area contributed by atoms with Crippen LogP contribution in [-0.4, -0.2) is 69.8 Å². The molecule has 1 atom stereocenters. The molecule has 5 nitrogen and oxygen atoms in total. The van der Waals surface area contributed by atoms with Crippen LogP contribution < -0.4 is 5.32 Å². The third kappa shape index (κ3) is 4.50. The molecule has 1 aliphatic heterocycles. The number of sulfone groups is 1. The molecule has 1 saturated heterocycles. The average molecular weight is 276 g/mol. The number of nitrogens with zero attached hydrogens (tertiary/aromatic N) is 1. The summed E-state index contributed by atoms with van der Waals surface area (Å²) in [7, 11) is -2.86. The van der Waals surface area contributed by atoms with Crippen LogP contribution in [0.1, 0.15) is 19.8 Å². The smallest absolute Gasteiger partial charge is 0.151 e. The third-order valence-corrected chi connectivity index (χ3v) is 5.38. The van der Waals surface area contributed by atoms with E-state index in [1.54, 1.807) is 6.92 Å². The Morgan fingerprint density at radius 1 is 1.39 bits per heavy atom. The molecule has 1 heterocycles. The standard InChI is InChI=1S/C12H24N2O3S/c1-2-18(15,16)8-6-14-5-7-17-10-12(14)9-13-11-3-4-11/h11-13H,2-10H2,1H3. The predicted octanol–water partition coefficient (Wildman–Crippen LogP) is -0.126. The largest absolute Gasteiger partial charge is 0.378 e. The molecular weight excluding hydrogens is 252 g/mol. The van der Waals surface area contributed by atoms with E-state index in [2.05, 4.69) is 10.2 Å². The lowest BCUT2D eigenvalue weighted by Crippen LogP contribution is -2.51. The van der Waals surface area contributed by atoms with Crippen LogP contribution in [0.15, 0.2) is 0 Å². The molecule has 2 fully saturated rings. The van der Waals surface area contributed by atoms with E-state index < -0.39 is 9.84 Å². The summed E-state index contributed by atoms with van der Waals surface area (Å²) in [5.41, 5.74) is 0. The van der Waals surface area contributed by atoms with Crippen LogP contribution in [0.4, 0.5) is 0 Å². The number of morpholine rings is 1. The maximum absolute atomic E-state index is 11.6. The van der Waals surface area contributed by atoms with Gasteiger partial charge in [-0.1, -0.05) is 6.92 Å². The quantitative estimate of drug-likeness (QED) is 0.702. The molecule has 0 spiro atoms. The van der Waals surface area contributed by atoms with Crippen LogP contribution in [0, 0.1) is 0 Å². The third-order valence-electron chi connectivity index (χ3n) is 3.70. The fourth-order valence-corrected chi connectivity index (χ4v) is 2.96. The fraction of sp³-hybridized carbons (Fsp3) is 1.00. The lowest BCUT2D eigenvalue weighted by molar-refractivity contribution is -0.00387. The van der Waals surface area contributed by atoms with Crippen LogP contribution in [0.5, 0.6) is 0 Å². The molecule has 6 heteroatoms. The SMILES string of the molecule is CCS(=O)(=O)CCN1CCOCC1CNC1CC1. The second-order valence-electron chi connectivity index (χ2n) is 5.18. The summed E-state index contributed by atoms with van der Waals surface area (Å²) >= 11 is 0. The molecule has 18 heavy (non-hydrogen) atoms. The van der Waals surface area contributed by atoms with Gasteiger partial charge in [-0.2, -0.15) is 0 Å². The summed E-state index contributed by atoms with van der Waals surface area (Å²) in [5.74, 6) is 0.506. The maximum Gasteiger partial charge on any atom is 0.151 e. The molecule has 0 aromatic heterocycles. The van der Waals surface area contributed by atoms with Gasteiger partial charge in [-0.3, -0.25) is 4.90 Å². The summed E-state index contributed by atoms with van der Waals surface area (Å²) in [6, 6.07) is 1.01. The summed E-state index contributed by atoms with van der Waals surface area (Å²) in [6.07, 6.45) is 2.55. The average Bonchev–Trinajstić information content (AvgIpc) is 3.19. The van der Waals surface area contributed by atoms with Crippen molar-refractivity contribution in [2.45, 2.75) is 31.8 Å². The lowest BCUT2D eigenvalue weighted by Gasteiger charge is -2.35. The first kappa shape index (κ1) is 14.2. The van der Waals surface area contributed by atoms with Crippen LogP contribution in [0.2, 0.25) is 0 Å². The molecular formula is C12H24N2O3S. The van der Waals surface area contributed by atoms with Crippen molar-refractivity contribution in [2.24, 2.45) is 0 Å². The van der Waals surface area contributed by atoms with Crippen molar-refractivity contribution in [1.29, 1.82) is 0 Å². The summed E-state index contributed by atoms with van der Waals surface area (Å²) in [6.45, 7) is 5.53. The van der Waals surface area contributed by atoms with E-state index in [4.69, 9.17) is 4.74 Å². The van der Waals surface area contributed by atoms with Crippen LogP contribution in [0.25, 0.3) is 0 Å². The number of rotatable bonds is 7. The van der Waals surface area contributed by atoms with Crippen molar-refractivity contribution in [3.8, 4) is 0 Å². The van der Waals surface area contributed by atoms with Crippen molar-refractivity contribution in [3.05, 3.63) is 0 Å². The van der Waals surface area contributed by atoms with Gasteiger partial charge in [-0.05, 0) is 12.8 Å². The summed E-state index contributed by atoms with van der Waals surface area (Å²) in [4.78, 5) is 2.26. The van der Waals surface area contributed by atoms with Gasteiger partial charge in [0.25, 0.3) is 0 Å². The summed E-state index contributed by atoms with van der Waals surface area (Å²) < 4.78 is 28.6. The van der Waals surface area contributed by atoms with Gasteiger partial charge in [-0.25, -0.2) is 8.42 Å². The first-order valence-corrected chi connectivity index (χ1v) is 8.68. The van der Waals surface area contributed by atoms with Crippen molar-refractivity contribution >= 4 is 9.84 Å². The van der Waals surface area contributed by atoms with Gasteiger partial charge in [0.05, 0.1) is 19.0 Å². The van der Waals surface area contributed by atoms with E-state index >= 15 is 0 Å². The molecule has 0 radical (unpaired) electrons. The zero-order chi connectivity index (χ0) is 13.0. The monoisotopic (exact) mass is 276 g/mol. The van der Waals surface area contributed by atoms with Crippen LogP contribution >= 0.6 is 0 Å². The predicted molar refractivity (Wildman–Crippen MR) is 71.5 cm³/mol. The molecule has 106 valence electrons. The second kappa shape index (κ2) is 6.32. The van der Waals surface area contributed by atoms with Crippen molar-refractivity contribution in [1.82, 2.24) is 10.2 Å². The molecule has 2 rings (SSSR count). The Kier molecular flexibility index (Phi) is 5.00. The Bertz CT molecular complexity index is 354. The molecule has 1 N–H and O–H groups in total.